The molecule has 1 atom stereocenters. The Balaban J connectivity index is 0.00000220. The zero-order chi connectivity index (χ0) is 14.8. The number of amides is 1. The lowest BCUT2D eigenvalue weighted by atomic mass is 10.1. The van der Waals surface area contributed by atoms with Crippen LogP contribution in [0.15, 0.2) is 12.4 Å². The summed E-state index contributed by atoms with van der Waals surface area (Å²) in [5.41, 5.74) is 0. The fourth-order valence-corrected chi connectivity index (χ4v) is 2.32. The number of nitrogens with zero attached hydrogens (tertiary/aromatic N) is 3. The second kappa shape index (κ2) is 7.13. The molecule has 2 rings (SSSR count). The zero-order valence-electron chi connectivity index (χ0n) is 11.6. The van der Waals surface area contributed by atoms with Crippen LogP contribution in [-0.2, 0) is 11.8 Å². The van der Waals surface area contributed by atoms with E-state index in [1.54, 1.807) is 24.0 Å². The zero-order valence-corrected chi connectivity index (χ0v) is 12.4. The van der Waals surface area contributed by atoms with Gasteiger partial charge in [0.15, 0.2) is 0 Å². The predicted molar refractivity (Wildman–Crippen MR) is 73.1 cm³/mol. The molecule has 1 aromatic rings. The second-order valence-electron chi connectivity index (χ2n) is 4.82. The van der Waals surface area contributed by atoms with Crippen LogP contribution in [0.3, 0.4) is 0 Å². The molecule has 1 N–H and O–H groups in total. The third-order valence-corrected chi connectivity index (χ3v) is 3.34. The molecule has 1 saturated heterocycles. The molecule has 9 heteroatoms. The molecular formula is C12H18ClF3N4O. The van der Waals surface area contributed by atoms with Gasteiger partial charge in [0.25, 0.3) is 0 Å². The van der Waals surface area contributed by atoms with Crippen LogP contribution in [0.4, 0.5) is 13.2 Å². The lowest BCUT2D eigenvalue weighted by Gasteiger charge is -2.36. The number of aryl methyl sites for hydroxylation is 1. The molecule has 1 aliphatic heterocycles. The first-order valence-corrected chi connectivity index (χ1v) is 6.42. The molecule has 0 aromatic carbocycles. The van der Waals surface area contributed by atoms with E-state index < -0.39 is 24.9 Å². The van der Waals surface area contributed by atoms with Gasteiger partial charge in [-0.3, -0.25) is 4.79 Å². The molecule has 1 aromatic heterocycles. The number of piperazine rings is 1. The van der Waals surface area contributed by atoms with Gasteiger partial charge in [-0.15, -0.1) is 12.4 Å². The van der Waals surface area contributed by atoms with Crippen molar-refractivity contribution in [3.05, 3.63) is 18.2 Å². The molecule has 120 valence electrons. The molecule has 0 spiro atoms. The Kier molecular flexibility index (Phi) is 6.03. The Labute approximate surface area is 126 Å². The van der Waals surface area contributed by atoms with Crippen molar-refractivity contribution in [2.45, 2.75) is 25.1 Å². The summed E-state index contributed by atoms with van der Waals surface area (Å²) in [6.07, 6.45) is -2.53. The minimum atomic E-state index is -4.30. The Morgan fingerprint density at radius 3 is 2.81 bits per heavy atom. The number of carbonyl (C=O) groups is 1. The minimum absolute atomic E-state index is 0. The second-order valence-corrected chi connectivity index (χ2v) is 4.82. The summed E-state index contributed by atoms with van der Waals surface area (Å²) in [5, 5.41) is 3.14. The normalized spacial score (nSPS) is 19.2. The Bertz CT molecular complexity index is 477. The number of hydrogen-bond acceptors (Lipinski definition) is 3. The molecule has 1 amide bonds. The highest BCUT2D eigenvalue weighted by Crippen LogP contribution is 2.25. The van der Waals surface area contributed by atoms with Crippen molar-refractivity contribution >= 4 is 18.3 Å². The predicted octanol–water partition coefficient (Wildman–Crippen LogP) is 1.66. The number of imidazole rings is 1. The maximum absolute atomic E-state index is 12.2. The van der Waals surface area contributed by atoms with Gasteiger partial charge in [0.2, 0.25) is 5.91 Å². The van der Waals surface area contributed by atoms with Crippen LogP contribution < -0.4 is 5.32 Å². The van der Waals surface area contributed by atoms with E-state index in [0.29, 0.717) is 25.5 Å². The van der Waals surface area contributed by atoms with Gasteiger partial charge < -0.3 is 14.8 Å². The monoisotopic (exact) mass is 326 g/mol. The SMILES string of the molecule is Cl.Cn1ccnc1C1CNCCN1C(=O)CCC(F)(F)F. The molecule has 0 saturated carbocycles. The van der Waals surface area contributed by atoms with Crippen molar-refractivity contribution in [3.63, 3.8) is 0 Å². The maximum atomic E-state index is 12.2. The number of rotatable bonds is 3. The highest BCUT2D eigenvalue weighted by Gasteiger charge is 2.33. The van der Waals surface area contributed by atoms with Gasteiger partial charge in [-0.05, 0) is 0 Å². The van der Waals surface area contributed by atoms with Crippen molar-refractivity contribution in [3.8, 4) is 0 Å². The molecule has 21 heavy (non-hydrogen) atoms. The number of alkyl halides is 3. The highest BCUT2D eigenvalue weighted by molar-refractivity contribution is 5.85. The van der Waals surface area contributed by atoms with Crippen LogP contribution in [-0.4, -0.2) is 46.2 Å². The molecule has 2 heterocycles. The fourth-order valence-electron chi connectivity index (χ4n) is 2.32. The lowest BCUT2D eigenvalue weighted by molar-refractivity contribution is -0.151. The van der Waals surface area contributed by atoms with Crippen molar-refractivity contribution < 1.29 is 18.0 Å². The van der Waals surface area contributed by atoms with E-state index in [9.17, 15) is 18.0 Å². The van der Waals surface area contributed by atoms with E-state index >= 15 is 0 Å². The van der Waals surface area contributed by atoms with E-state index in [4.69, 9.17) is 0 Å². The van der Waals surface area contributed by atoms with Gasteiger partial charge in [-0.25, -0.2) is 4.98 Å². The van der Waals surface area contributed by atoms with Gasteiger partial charge >= 0.3 is 6.18 Å². The number of hydrogen-bond donors (Lipinski definition) is 1. The van der Waals surface area contributed by atoms with Gasteiger partial charge in [-0.2, -0.15) is 13.2 Å². The number of carbonyl (C=O) groups excluding carboxylic acids is 1. The Morgan fingerprint density at radius 2 is 2.24 bits per heavy atom. The number of aromatic nitrogens is 2. The lowest BCUT2D eigenvalue weighted by Crippen LogP contribution is -2.49. The van der Waals surface area contributed by atoms with Crippen LogP contribution in [0.25, 0.3) is 0 Å². The van der Waals surface area contributed by atoms with Gasteiger partial charge in [0.05, 0.1) is 6.42 Å². The fraction of sp³-hybridized carbons (Fsp3) is 0.667. The first-order valence-electron chi connectivity index (χ1n) is 6.42. The first-order chi connectivity index (χ1) is 9.38. The van der Waals surface area contributed by atoms with Crippen molar-refractivity contribution in [1.82, 2.24) is 19.8 Å². The van der Waals surface area contributed by atoms with Crippen LogP contribution in [0.2, 0.25) is 0 Å². The van der Waals surface area contributed by atoms with Crippen molar-refractivity contribution in [2.24, 2.45) is 7.05 Å². The average Bonchev–Trinajstić information content (AvgIpc) is 2.81. The average molecular weight is 327 g/mol. The summed E-state index contributed by atoms with van der Waals surface area (Å²) in [4.78, 5) is 17.7. The van der Waals surface area contributed by atoms with Gasteiger partial charge in [0, 0.05) is 45.5 Å². The third-order valence-electron chi connectivity index (χ3n) is 3.34. The summed E-state index contributed by atoms with van der Waals surface area (Å²) >= 11 is 0. The molecule has 1 fully saturated rings. The summed E-state index contributed by atoms with van der Waals surface area (Å²) in [5.74, 6) is 0.203. The summed E-state index contributed by atoms with van der Waals surface area (Å²) in [6, 6.07) is -0.315. The molecule has 0 bridgehead atoms. The van der Waals surface area contributed by atoms with Crippen LogP contribution in [0.1, 0.15) is 24.7 Å². The van der Waals surface area contributed by atoms with Crippen molar-refractivity contribution in [2.75, 3.05) is 19.6 Å². The van der Waals surface area contributed by atoms with E-state index in [-0.39, 0.29) is 18.4 Å². The smallest absolute Gasteiger partial charge is 0.336 e. The quantitative estimate of drug-likeness (QED) is 0.919. The number of halogens is 4. The van der Waals surface area contributed by atoms with Crippen LogP contribution in [0.5, 0.6) is 0 Å². The van der Waals surface area contributed by atoms with Gasteiger partial charge in [-0.1, -0.05) is 0 Å². The highest BCUT2D eigenvalue weighted by atomic mass is 35.5. The van der Waals surface area contributed by atoms with E-state index in [1.807, 2.05) is 0 Å². The Morgan fingerprint density at radius 1 is 1.52 bits per heavy atom. The third kappa shape index (κ3) is 4.60. The molecule has 1 unspecified atom stereocenters. The molecular weight excluding hydrogens is 309 g/mol. The van der Waals surface area contributed by atoms with Crippen LogP contribution >= 0.6 is 12.4 Å². The topological polar surface area (TPSA) is 50.2 Å². The molecule has 1 aliphatic rings. The molecule has 0 aliphatic carbocycles. The van der Waals surface area contributed by atoms with Crippen molar-refractivity contribution in [1.29, 1.82) is 0 Å². The van der Waals surface area contributed by atoms with E-state index in [2.05, 4.69) is 10.3 Å². The summed E-state index contributed by atoms with van der Waals surface area (Å²) in [6.45, 7) is 1.48. The molecule has 0 radical (unpaired) electrons. The minimum Gasteiger partial charge on any atom is -0.336 e. The van der Waals surface area contributed by atoms with E-state index in [1.165, 1.54) is 4.90 Å². The number of nitrogens with one attached hydrogen (secondary N) is 1. The van der Waals surface area contributed by atoms with Gasteiger partial charge in [0.1, 0.15) is 11.9 Å². The first kappa shape index (κ1) is 17.8. The maximum Gasteiger partial charge on any atom is 0.389 e. The largest absolute Gasteiger partial charge is 0.389 e. The van der Waals surface area contributed by atoms with Crippen LogP contribution in [0, 0.1) is 0 Å². The molecule has 5 nitrogen and oxygen atoms in total. The summed E-state index contributed by atoms with van der Waals surface area (Å²) < 4.78 is 38.4. The summed E-state index contributed by atoms with van der Waals surface area (Å²) in [7, 11) is 1.80. The standard InChI is InChI=1S/C12H17F3N4O.ClH/c1-18-6-5-17-11(18)9-8-16-4-7-19(9)10(20)2-3-12(13,14)15;/h5-6,9,16H,2-4,7-8H2,1H3;1H. The Hall–Kier alpha value is -1.28. The van der Waals surface area contributed by atoms with E-state index in [0.717, 1.165) is 0 Å².